The van der Waals surface area contributed by atoms with Crippen molar-refractivity contribution in [2.75, 3.05) is 22.9 Å². The molecule has 0 aliphatic rings. The number of nitrogens with two attached hydrogens (primary N) is 4. The summed E-state index contributed by atoms with van der Waals surface area (Å²) in [5.74, 6) is 0.659. The molecule has 7 nitrogen and oxygen atoms in total. The first-order chi connectivity index (χ1) is 10.9. The van der Waals surface area contributed by atoms with E-state index in [1.54, 1.807) is 24.3 Å². The number of anilines is 4. The van der Waals surface area contributed by atoms with Crippen molar-refractivity contribution in [2.24, 2.45) is 0 Å². The van der Waals surface area contributed by atoms with E-state index in [1.165, 1.54) is 0 Å². The van der Waals surface area contributed by atoms with Gasteiger partial charge in [0.25, 0.3) is 0 Å². The normalized spacial score (nSPS) is 10.9. The Labute approximate surface area is 133 Å². The van der Waals surface area contributed by atoms with Crippen molar-refractivity contribution in [3.8, 4) is 22.9 Å². The fourth-order valence-corrected chi connectivity index (χ4v) is 2.22. The first-order valence-electron chi connectivity index (χ1n) is 7.02. The van der Waals surface area contributed by atoms with Crippen molar-refractivity contribution in [1.82, 2.24) is 10.2 Å². The minimum Gasteiger partial charge on any atom is -0.416 e. The van der Waals surface area contributed by atoms with Crippen LogP contribution in [0.5, 0.6) is 0 Å². The van der Waals surface area contributed by atoms with Crippen LogP contribution in [0, 0.1) is 13.8 Å². The van der Waals surface area contributed by atoms with Crippen LogP contribution in [0.25, 0.3) is 22.9 Å². The zero-order valence-electron chi connectivity index (χ0n) is 12.9. The molecule has 0 saturated carbocycles. The van der Waals surface area contributed by atoms with E-state index in [2.05, 4.69) is 10.2 Å². The second-order valence-electron chi connectivity index (χ2n) is 5.47. The number of rotatable bonds is 2. The van der Waals surface area contributed by atoms with E-state index in [0.717, 1.165) is 11.1 Å². The lowest BCUT2D eigenvalue weighted by Gasteiger charge is -2.06. The highest BCUT2D eigenvalue weighted by molar-refractivity contribution is 5.74. The summed E-state index contributed by atoms with van der Waals surface area (Å²) in [6.45, 7) is 3.71. The fraction of sp³-hybridized carbons (Fsp3) is 0.125. The number of nitrogen functional groups attached to an aromatic ring is 4. The lowest BCUT2D eigenvalue weighted by molar-refractivity contribution is 0.584. The Hall–Kier alpha value is -3.22. The van der Waals surface area contributed by atoms with Gasteiger partial charge in [-0.25, -0.2) is 0 Å². The summed E-state index contributed by atoms with van der Waals surface area (Å²) >= 11 is 0. The summed E-state index contributed by atoms with van der Waals surface area (Å²) in [4.78, 5) is 0. The molecule has 0 atom stereocenters. The standard InChI is InChI=1S/C16H18N6O/c1-7-11(17)3-9(4-12(7)18)15-21-22-16(23-15)10-5-13(19)8(2)14(20)6-10/h3-6H,17-20H2,1-2H3. The monoisotopic (exact) mass is 310 g/mol. The van der Waals surface area contributed by atoms with Crippen LogP contribution in [0.15, 0.2) is 28.7 Å². The van der Waals surface area contributed by atoms with E-state index in [9.17, 15) is 0 Å². The molecule has 7 heteroatoms. The van der Waals surface area contributed by atoms with Crippen LogP contribution in [0.1, 0.15) is 11.1 Å². The third kappa shape index (κ3) is 2.52. The molecule has 1 aromatic heterocycles. The maximum absolute atomic E-state index is 5.93. The molecule has 1 heterocycles. The van der Waals surface area contributed by atoms with Crippen molar-refractivity contribution in [2.45, 2.75) is 13.8 Å². The van der Waals surface area contributed by atoms with Gasteiger partial charge in [0.05, 0.1) is 0 Å². The number of hydrogen-bond acceptors (Lipinski definition) is 7. The molecule has 0 saturated heterocycles. The van der Waals surface area contributed by atoms with E-state index >= 15 is 0 Å². The molecule has 0 radical (unpaired) electrons. The maximum Gasteiger partial charge on any atom is 0.248 e. The van der Waals surface area contributed by atoms with Gasteiger partial charge in [0.15, 0.2) is 0 Å². The lowest BCUT2D eigenvalue weighted by atomic mass is 10.1. The van der Waals surface area contributed by atoms with E-state index in [4.69, 9.17) is 27.4 Å². The summed E-state index contributed by atoms with van der Waals surface area (Å²) in [6, 6.07) is 7.00. The third-order valence-corrected chi connectivity index (χ3v) is 3.89. The number of benzene rings is 2. The highest BCUT2D eigenvalue weighted by atomic mass is 16.4. The summed E-state index contributed by atoms with van der Waals surface area (Å²) in [5, 5.41) is 8.09. The predicted molar refractivity (Wildman–Crippen MR) is 92.3 cm³/mol. The van der Waals surface area contributed by atoms with Gasteiger partial charge in [-0.15, -0.1) is 10.2 Å². The highest BCUT2D eigenvalue weighted by Gasteiger charge is 2.14. The van der Waals surface area contributed by atoms with Gasteiger partial charge in [0, 0.05) is 33.9 Å². The van der Waals surface area contributed by atoms with Crippen LogP contribution >= 0.6 is 0 Å². The number of aromatic nitrogens is 2. The lowest BCUT2D eigenvalue weighted by Crippen LogP contribution is -1.97. The topological polar surface area (TPSA) is 143 Å². The Morgan fingerprint density at radius 2 is 0.957 bits per heavy atom. The van der Waals surface area contributed by atoms with E-state index in [1.807, 2.05) is 13.8 Å². The summed E-state index contributed by atoms with van der Waals surface area (Å²) in [5.41, 5.74) is 29.0. The Morgan fingerprint density at radius 3 is 1.26 bits per heavy atom. The smallest absolute Gasteiger partial charge is 0.248 e. The molecule has 118 valence electrons. The zero-order chi connectivity index (χ0) is 16.7. The first kappa shape index (κ1) is 14.7. The van der Waals surface area contributed by atoms with Crippen molar-refractivity contribution in [3.63, 3.8) is 0 Å². The summed E-state index contributed by atoms with van der Waals surface area (Å²) in [7, 11) is 0. The Kier molecular flexibility index (Phi) is 3.33. The Morgan fingerprint density at radius 1 is 0.652 bits per heavy atom. The number of nitrogens with zero attached hydrogens (tertiary/aromatic N) is 2. The van der Waals surface area contributed by atoms with Gasteiger partial charge < -0.3 is 27.4 Å². The minimum atomic E-state index is 0.330. The van der Waals surface area contributed by atoms with Gasteiger partial charge in [0.2, 0.25) is 11.8 Å². The fourth-order valence-electron chi connectivity index (χ4n) is 2.22. The van der Waals surface area contributed by atoms with Gasteiger partial charge in [-0.2, -0.15) is 0 Å². The van der Waals surface area contributed by atoms with Gasteiger partial charge in [0.1, 0.15) is 0 Å². The second-order valence-corrected chi connectivity index (χ2v) is 5.47. The quantitative estimate of drug-likeness (QED) is 0.532. The van der Waals surface area contributed by atoms with E-state index in [-0.39, 0.29) is 0 Å². The highest BCUT2D eigenvalue weighted by Crippen LogP contribution is 2.31. The minimum absolute atomic E-state index is 0.330. The SMILES string of the molecule is Cc1c(N)cc(-c2nnc(-c3cc(N)c(C)c(N)c3)o2)cc1N. The zero-order valence-corrected chi connectivity index (χ0v) is 12.9. The molecule has 23 heavy (non-hydrogen) atoms. The van der Waals surface area contributed by atoms with Crippen molar-refractivity contribution in [3.05, 3.63) is 35.4 Å². The van der Waals surface area contributed by atoms with Gasteiger partial charge in [-0.1, -0.05) is 0 Å². The molecule has 2 aromatic carbocycles. The van der Waals surface area contributed by atoms with Crippen LogP contribution in [0.3, 0.4) is 0 Å². The van der Waals surface area contributed by atoms with Crippen LogP contribution in [-0.4, -0.2) is 10.2 Å². The molecular formula is C16H18N6O. The van der Waals surface area contributed by atoms with Gasteiger partial charge >= 0.3 is 0 Å². The van der Waals surface area contributed by atoms with Crippen molar-refractivity contribution in [1.29, 1.82) is 0 Å². The molecule has 0 spiro atoms. The third-order valence-electron chi connectivity index (χ3n) is 3.89. The molecule has 0 amide bonds. The molecule has 0 unspecified atom stereocenters. The molecule has 3 rings (SSSR count). The molecule has 8 N–H and O–H groups in total. The maximum atomic E-state index is 5.93. The first-order valence-corrected chi connectivity index (χ1v) is 7.02. The van der Waals surface area contributed by atoms with Crippen molar-refractivity contribution >= 4 is 22.7 Å². The molecule has 0 bridgehead atoms. The molecule has 0 aliphatic heterocycles. The van der Waals surface area contributed by atoms with Crippen molar-refractivity contribution < 1.29 is 4.42 Å². The summed E-state index contributed by atoms with van der Waals surface area (Å²) < 4.78 is 5.71. The van der Waals surface area contributed by atoms with E-state index in [0.29, 0.717) is 45.7 Å². The largest absolute Gasteiger partial charge is 0.416 e. The second kappa shape index (κ2) is 5.20. The average molecular weight is 310 g/mol. The predicted octanol–water partition coefficient (Wildman–Crippen LogP) is 2.35. The molecule has 3 aromatic rings. The van der Waals surface area contributed by atoms with E-state index < -0.39 is 0 Å². The summed E-state index contributed by atoms with van der Waals surface area (Å²) in [6.07, 6.45) is 0. The Balaban J connectivity index is 2.04. The van der Waals surface area contributed by atoms with Crippen LogP contribution in [0.4, 0.5) is 22.7 Å². The average Bonchev–Trinajstić information content (AvgIpc) is 2.99. The Bertz CT molecular complexity index is 781. The number of hydrogen-bond donors (Lipinski definition) is 4. The molecule has 0 fully saturated rings. The van der Waals surface area contributed by atoms with Gasteiger partial charge in [-0.3, -0.25) is 0 Å². The molecule has 0 aliphatic carbocycles. The molecular weight excluding hydrogens is 292 g/mol. The van der Waals surface area contributed by atoms with Crippen LogP contribution < -0.4 is 22.9 Å². The van der Waals surface area contributed by atoms with Crippen LogP contribution in [0.2, 0.25) is 0 Å². The van der Waals surface area contributed by atoms with Crippen LogP contribution in [-0.2, 0) is 0 Å². The van der Waals surface area contributed by atoms with Gasteiger partial charge in [-0.05, 0) is 49.2 Å².